The van der Waals surface area contributed by atoms with Crippen molar-refractivity contribution in [2.45, 2.75) is 51.7 Å². The molecule has 0 aliphatic carbocycles. The Morgan fingerprint density at radius 3 is 2.57 bits per heavy atom. The molecule has 1 aliphatic rings. The van der Waals surface area contributed by atoms with Gasteiger partial charge in [0.25, 0.3) is 0 Å². The number of hydrogen-bond donors (Lipinski definition) is 1. The van der Waals surface area contributed by atoms with E-state index in [-0.39, 0.29) is 12.3 Å². The van der Waals surface area contributed by atoms with Crippen LogP contribution < -0.4 is 5.32 Å². The Hall–Kier alpha value is -2.79. The number of thiazole rings is 1. The number of nitrogens with zero attached hydrogens (tertiary/aromatic N) is 4. The molecule has 35 heavy (non-hydrogen) atoms. The van der Waals surface area contributed by atoms with E-state index in [0.717, 1.165) is 32.1 Å². The molecule has 0 radical (unpaired) electrons. The van der Waals surface area contributed by atoms with Crippen LogP contribution in [0.2, 0.25) is 0 Å². The number of carbonyl (C=O) groups is 1. The molecule has 0 bridgehead atoms. The molecule has 7 nitrogen and oxygen atoms in total. The third kappa shape index (κ3) is 6.07. The summed E-state index contributed by atoms with van der Waals surface area (Å²) in [4.78, 5) is 20.7. The lowest BCUT2D eigenvalue weighted by molar-refractivity contribution is -0.141. The van der Waals surface area contributed by atoms with Crippen molar-refractivity contribution in [3.05, 3.63) is 41.3 Å². The van der Waals surface area contributed by atoms with E-state index in [4.69, 9.17) is 4.74 Å². The fourth-order valence-electron chi connectivity index (χ4n) is 3.94. The minimum atomic E-state index is -4.51. The standard InChI is InChI=1S/C24H28F3N5O2S/c1-23(2,3)32-21(16-4-5-19(28-12-16)24(25,26)27)18(13-30-32)22-31-17(14-35-22)10-20(33)29-11-15-6-8-34-9-7-15/h4-5,12-15H,6-11H2,1-3H3,(H,29,33). The molecule has 0 saturated carbocycles. The molecule has 0 aromatic carbocycles. The minimum Gasteiger partial charge on any atom is -0.381 e. The van der Waals surface area contributed by atoms with Gasteiger partial charge in [-0.1, -0.05) is 0 Å². The maximum atomic E-state index is 13.0. The summed E-state index contributed by atoms with van der Waals surface area (Å²) < 4.78 is 46.2. The van der Waals surface area contributed by atoms with Crippen molar-refractivity contribution in [3.8, 4) is 21.8 Å². The number of hydrogen-bond acceptors (Lipinski definition) is 6. The summed E-state index contributed by atoms with van der Waals surface area (Å²) in [5.41, 5.74) is 1.07. The van der Waals surface area contributed by atoms with E-state index in [0.29, 0.717) is 40.0 Å². The first kappa shape index (κ1) is 25.3. The second kappa shape index (κ2) is 10.1. The first-order chi connectivity index (χ1) is 16.5. The van der Waals surface area contributed by atoms with Gasteiger partial charge in [-0.2, -0.15) is 18.3 Å². The van der Waals surface area contributed by atoms with Crippen molar-refractivity contribution in [2.75, 3.05) is 19.8 Å². The first-order valence-corrected chi connectivity index (χ1v) is 12.3. The topological polar surface area (TPSA) is 81.9 Å². The quantitative estimate of drug-likeness (QED) is 0.512. The summed E-state index contributed by atoms with van der Waals surface area (Å²) in [6.07, 6.45) is 0.405. The lowest BCUT2D eigenvalue weighted by atomic mass is 10.0. The van der Waals surface area contributed by atoms with Crippen molar-refractivity contribution >= 4 is 17.2 Å². The Morgan fingerprint density at radius 2 is 1.94 bits per heavy atom. The molecule has 11 heteroatoms. The maximum absolute atomic E-state index is 13.0. The van der Waals surface area contributed by atoms with Crippen molar-refractivity contribution < 1.29 is 22.7 Å². The van der Waals surface area contributed by atoms with Gasteiger partial charge >= 0.3 is 6.18 Å². The number of carbonyl (C=O) groups excluding carboxylic acids is 1. The molecule has 1 fully saturated rings. The SMILES string of the molecule is CC(C)(C)n1ncc(-c2nc(CC(=O)NCC3CCOCC3)cs2)c1-c1ccc(C(F)(F)F)nc1. The third-order valence-corrected chi connectivity index (χ3v) is 6.71. The molecule has 0 atom stereocenters. The summed E-state index contributed by atoms with van der Waals surface area (Å²) in [7, 11) is 0. The normalized spacial score (nSPS) is 15.4. The Kier molecular flexibility index (Phi) is 7.27. The van der Waals surface area contributed by atoms with Crippen molar-refractivity contribution in [1.29, 1.82) is 0 Å². The Balaban J connectivity index is 1.55. The fourth-order valence-corrected chi connectivity index (χ4v) is 4.77. The van der Waals surface area contributed by atoms with E-state index in [1.54, 1.807) is 10.9 Å². The zero-order chi connectivity index (χ0) is 25.2. The zero-order valence-electron chi connectivity index (χ0n) is 19.9. The van der Waals surface area contributed by atoms with Crippen LogP contribution in [0.3, 0.4) is 0 Å². The number of ether oxygens (including phenoxy) is 1. The van der Waals surface area contributed by atoms with Crippen LogP contribution in [0.5, 0.6) is 0 Å². The monoisotopic (exact) mass is 507 g/mol. The van der Waals surface area contributed by atoms with Crippen LogP contribution in [0, 0.1) is 5.92 Å². The summed E-state index contributed by atoms with van der Waals surface area (Å²) in [6, 6.07) is 2.37. The predicted molar refractivity (Wildman–Crippen MR) is 127 cm³/mol. The molecule has 1 aliphatic heterocycles. The molecule has 0 spiro atoms. The summed E-state index contributed by atoms with van der Waals surface area (Å²) in [5.74, 6) is 0.340. The van der Waals surface area contributed by atoms with Crippen molar-refractivity contribution in [2.24, 2.45) is 5.92 Å². The summed E-state index contributed by atoms with van der Waals surface area (Å²) in [5, 5.41) is 9.96. The molecule has 188 valence electrons. The van der Waals surface area contributed by atoms with Gasteiger partial charge in [0.1, 0.15) is 10.7 Å². The first-order valence-electron chi connectivity index (χ1n) is 11.4. The lowest BCUT2D eigenvalue weighted by Gasteiger charge is -2.23. The average Bonchev–Trinajstić information content (AvgIpc) is 3.45. The van der Waals surface area contributed by atoms with Gasteiger partial charge < -0.3 is 10.1 Å². The van der Waals surface area contributed by atoms with Crippen LogP contribution in [-0.2, 0) is 27.7 Å². The van der Waals surface area contributed by atoms with E-state index >= 15 is 0 Å². The van der Waals surface area contributed by atoms with E-state index < -0.39 is 17.4 Å². The van der Waals surface area contributed by atoms with E-state index in [2.05, 4.69) is 20.4 Å². The minimum absolute atomic E-state index is 0.0918. The van der Waals surface area contributed by atoms with Crippen LogP contribution >= 0.6 is 11.3 Å². The highest BCUT2D eigenvalue weighted by Crippen LogP contribution is 2.37. The second-order valence-corrected chi connectivity index (χ2v) is 10.5. The molecule has 1 saturated heterocycles. The van der Waals surface area contributed by atoms with Gasteiger partial charge in [0.15, 0.2) is 0 Å². The van der Waals surface area contributed by atoms with E-state index in [1.165, 1.54) is 23.6 Å². The lowest BCUT2D eigenvalue weighted by Crippen LogP contribution is -2.33. The van der Waals surface area contributed by atoms with Crippen LogP contribution in [0.25, 0.3) is 21.8 Å². The number of aromatic nitrogens is 4. The Morgan fingerprint density at radius 1 is 1.20 bits per heavy atom. The van der Waals surface area contributed by atoms with Crippen LogP contribution in [0.1, 0.15) is 45.0 Å². The zero-order valence-corrected chi connectivity index (χ0v) is 20.7. The van der Waals surface area contributed by atoms with Gasteiger partial charge in [-0.15, -0.1) is 11.3 Å². The van der Waals surface area contributed by atoms with E-state index in [9.17, 15) is 18.0 Å². The number of pyridine rings is 1. The largest absolute Gasteiger partial charge is 0.433 e. The van der Waals surface area contributed by atoms with Gasteiger partial charge in [-0.3, -0.25) is 14.5 Å². The molecule has 3 aromatic heterocycles. The highest BCUT2D eigenvalue weighted by atomic mass is 32.1. The average molecular weight is 508 g/mol. The second-order valence-electron chi connectivity index (χ2n) is 9.60. The highest BCUT2D eigenvalue weighted by molar-refractivity contribution is 7.13. The van der Waals surface area contributed by atoms with Gasteiger partial charge in [0, 0.05) is 36.9 Å². The smallest absolute Gasteiger partial charge is 0.381 e. The van der Waals surface area contributed by atoms with E-state index in [1.807, 2.05) is 26.2 Å². The molecular weight excluding hydrogens is 479 g/mol. The number of halogens is 3. The van der Waals surface area contributed by atoms with Gasteiger partial charge in [0.2, 0.25) is 5.91 Å². The third-order valence-electron chi connectivity index (χ3n) is 5.78. The molecule has 1 amide bonds. The highest BCUT2D eigenvalue weighted by Gasteiger charge is 2.33. The maximum Gasteiger partial charge on any atom is 0.433 e. The number of nitrogens with one attached hydrogen (secondary N) is 1. The summed E-state index contributed by atoms with van der Waals surface area (Å²) >= 11 is 1.37. The molecule has 3 aromatic rings. The number of amides is 1. The van der Waals surface area contributed by atoms with Gasteiger partial charge in [-0.25, -0.2) is 4.98 Å². The van der Waals surface area contributed by atoms with Crippen LogP contribution in [0.15, 0.2) is 29.9 Å². The van der Waals surface area contributed by atoms with Crippen molar-refractivity contribution in [1.82, 2.24) is 25.1 Å². The molecule has 4 rings (SSSR count). The predicted octanol–water partition coefficient (Wildman–Crippen LogP) is 4.93. The molecule has 1 N–H and O–H groups in total. The van der Waals surface area contributed by atoms with Gasteiger partial charge in [-0.05, 0) is 51.7 Å². The number of rotatable bonds is 6. The van der Waals surface area contributed by atoms with Crippen LogP contribution in [0.4, 0.5) is 13.2 Å². The Labute approximate surface area is 205 Å². The number of alkyl halides is 3. The fraction of sp³-hybridized carbons (Fsp3) is 0.500. The molecular formula is C24H28F3N5O2S. The summed E-state index contributed by atoms with van der Waals surface area (Å²) in [6.45, 7) is 7.97. The van der Waals surface area contributed by atoms with Crippen molar-refractivity contribution in [3.63, 3.8) is 0 Å². The Bertz CT molecular complexity index is 1160. The molecule has 4 heterocycles. The molecule has 0 unspecified atom stereocenters. The van der Waals surface area contributed by atoms with Crippen LogP contribution in [-0.4, -0.2) is 45.4 Å². The van der Waals surface area contributed by atoms with Gasteiger partial charge in [0.05, 0.1) is 35.1 Å².